The number of halogens is 1. The van der Waals surface area contributed by atoms with Gasteiger partial charge in [-0.05, 0) is 19.1 Å². The van der Waals surface area contributed by atoms with Gasteiger partial charge in [0.15, 0.2) is 0 Å². The molecule has 1 nitrogen and oxygen atoms in total. The van der Waals surface area contributed by atoms with Crippen molar-refractivity contribution in [2.45, 2.75) is 20.8 Å². The molecule has 0 saturated heterocycles. The first-order valence-electron chi connectivity index (χ1n) is 5.08. The van der Waals surface area contributed by atoms with Gasteiger partial charge in [0.1, 0.15) is 5.75 Å². The SMILES string of the molecule is CCOc1cccc(C#CC(C)C)c1Cl. The van der Waals surface area contributed by atoms with Gasteiger partial charge in [0.2, 0.25) is 0 Å². The van der Waals surface area contributed by atoms with Gasteiger partial charge in [-0.15, -0.1) is 0 Å². The monoisotopic (exact) mass is 222 g/mol. The largest absolute Gasteiger partial charge is 0.492 e. The highest BCUT2D eigenvalue weighted by Crippen LogP contribution is 2.27. The molecule has 0 radical (unpaired) electrons. The van der Waals surface area contributed by atoms with Crippen molar-refractivity contribution in [1.29, 1.82) is 0 Å². The van der Waals surface area contributed by atoms with E-state index >= 15 is 0 Å². The molecule has 0 spiro atoms. The van der Waals surface area contributed by atoms with E-state index in [0.29, 0.717) is 23.3 Å². The number of rotatable bonds is 2. The predicted molar refractivity (Wildman–Crippen MR) is 64.3 cm³/mol. The molecule has 15 heavy (non-hydrogen) atoms. The normalized spacial score (nSPS) is 9.67. The summed E-state index contributed by atoms with van der Waals surface area (Å²) in [6, 6.07) is 5.66. The first-order valence-corrected chi connectivity index (χ1v) is 5.45. The molecule has 0 saturated carbocycles. The van der Waals surface area contributed by atoms with E-state index in [-0.39, 0.29) is 0 Å². The molecule has 0 aliphatic heterocycles. The molecule has 0 aromatic heterocycles. The van der Waals surface area contributed by atoms with Crippen molar-refractivity contribution >= 4 is 11.6 Å². The van der Waals surface area contributed by atoms with Crippen LogP contribution in [0.4, 0.5) is 0 Å². The second-order valence-electron chi connectivity index (χ2n) is 3.47. The van der Waals surface area contributed by atoms with Gasteiger partial charge in [0, 0.05) is 11.5 Å². The minimum Gasteiger partial charge on any atom is -0.492 e. The van der Waals surface area contributed by atoms with Crippen LogP contribution in [0.25, 0.3) is 0 Å². The Morgan fingerprint density at radius 2 is 2.13 bits per heavy atom. The second kappa shape index (κ2) is 5.68. The van der Waals surface area contributed by atoms with Gasteiger partial charge in [0.25, 0.3) is 0 Å². The van der Waals surface area contributed by atoms with Gasteiger partial charge in [-0.2, -0.15) is 0 Å². The smallest absolute Gasteiger partial charge is 0.139 e. The van der Waals surface area contributed by atoms with Crippen molar-refractivity contribution in [2.75, 3.05) is 6.61 Å². The maximum absolute atomic E-state index is 6.14. The summed E-state index contributed by atoms with van der Waals surface area (Å²) in [5.74, 6) is 7.18. The van der Waals surface area contributed by atoms with Crippen LogP contribution in [-0.4, -0.2) is 6.61 Å². The summed E-state index contributed by atoms with van der Waals surface area (Å²) < 4.78 is 5.38. The molecular formula is C13H15ClO. The molecule has 80 valence electrons. The van der Waals surface area contributed by atoms with Crippen molar-refractivity contribution in [3.05, 3.63) is 28.8 Å². The minimum atomic E-state index is 0.344. The van der Waals surface area contributed by atoms with E-state index in [1.807, 2.05) is 39.0 Å². The van der Waals surface area contributed by atoms with Gasteiger partial charge in [-0.3, -0.25) is 0 Å². The maximum atomic E-state index is 6.14. The van der Waals surface area contributed by atoms with E-state index < -0.39 is 0 Å². The van der Waals surface area contributed by atoms with Crippen LogP contribution in [0.2, 0.25) is 5.02 Å². The lowest BCUT2D eigenvalue weighted by molar-refractivity contribution is 0.340. The lowest BCUT2D eigenvalue weighted by Crippen LogP contribution is -1.93. The van der Waals surface area contributed by atoms with Crippen LogP contribution in [0.15, 0.2) is 18.2 Å². The molecule has 0 atom stereocenters. The zero-order chi connectivity index (χ0) is 11.3. The maximum Gasteiger partial charge on any atom is 0.139 e. The summed E-state index contributed by atoms with van der Waals surface area (Å²) >= 11 is 6.14. The Labute approximate surface area is 96.4 Å². The molecule has 0 aliphatic rings. The highest BCUT2D eigenvalue weighted by atomic mass is 35.5. The number of benzene rings is 1. The molecule has 0 aliphatic carbocycles. The Morgan fingerprint density at radius 1 is 1.40 bits per heavy atom. The summed E-state index contributed by atoms with van der Waals surface area (Å²) in [5.41, 5.74) is 0.830. The van der Waals surface area contributed by atoms with Crippen LogP contribution in [0.3, 0.4) is 0 Å². The molecule has 1 aromatic carbocycles. The highest BCUT2D eigenvalue weighted by Gasteiger charge is 2.04. The Hall–Kier alpha value is -1.13. The number of hydrogen-bond donors (Lipinski definition) is 0. The van der Waals surface area contributed by atoms with Crippen LogP contribution in [-0.2, 0) is 0 Å². The van der Waals surface area contributed by atoms with E-state index in [1.165, 1.54) is 0 Å². The van der Waals surface area contributed by atoms with Crippen molar-refractivity contribution < 1.29 is 4.74 Å². The lowest BCUT2D eigenvalue weighted by atomic mass is 10.1. The number of hydrogen-bond acceptors (Lipinski definition) is 1. The molecule has 0 amide bonds. The summed E-state index contributed by atoms with van der Waals surface area (Å²) in [7, 11) is 0. The summed E-state index contributed by atoms with van der Waals surface area (Å²) in [4.78, 5) is 0. The fourth-order valence-electron chi connectivity index (χ4n) is 1.10. The molecule has 0 heterocycles. The van der Waals surface area contributed by atoms with E-state index in [0.717, 1.165) is 5.56 Å². The highest BCUT2D eigenvalue weighted by molar-refractivity contribution is 6.33. The fourth-order valence-corrected chi connectivity index (χ4v) is 1.32. The van der Waals surface area contributed by atoms with E-state index in [2.05, 4.69) is 11.8 Å². The molecule has 0 unspecified atom stereocenters. The predicted octanol–water partition coefficient (Wildman–Crippen LogP) is 3.75. The standard InChI is InChI=1S/C13H15ClO/c1-4-15-12-7-5-6-11(13(12)14)9-8-10(2)3/h5-7,10H,4H2,1-3H3. The van der Waals surface area contributed by atoms with Gasteiger partial charge < -0.3 is 4.74 Å². The van der Waals surface area contributed by atoms with Gasteiger partial charge in [-0.1, -0.05) is 43.4 Å². The van der Waals surface area contributed by atoms with Crippen molar-refractivity contribution in [3.63, 3.8) is 0 Å². The number of ether oxygens (including phenoxy) is 1. The molecular weight excluding hydrogens is 208 g/mol. The summed E-state index contributed by atoms with van der Waals surface area (Å²) in [6.07, 6.45) is 0. The molecule has 1 rings (SSSR count). The minimum absolute atomic E-state index is 0.344. The van der Waals surface area contributed by atoms with E-state index in [9.17, 15) is 0 Å². The third kappa shape index (κ3) is 3.49. The molecule has 1 aromatic rings. The first-order chi connectivity index (χ1) is 7.15. The third-order valence-electron chi connectivity index (χ3n) is 1.76. The van der Waals surface area contributed by atoms with Crippen LogP contribution >= 0.6 is 11.6 Å². The molecule has 0 N–H and O–H groups in total. The van der Waals surface area contributed by atoms with Crippen molar-refractivity contribution in [1.82, 2.24) is 0 Å². The topological polar surface area (TPSA) is 9.23 Å². The van der Waals surface area contributed by atoms with Crippen molar-refractivity contribution in [3.8, 4) is 17.6 Å². The molecule has 0 bridgehead atoms. The quantitative estimate of drug-likeness (QED) is 0.693. The third-order valence-corrected chi connectivity index (χ3v) is 2.15. The van der Waals surface area contributed by atoms with Gasteiger partial charge in [-0.25, -0.2) is 0 Å². The first kappa shape index (κ1) is 11.9. The Bertz CT molecular complexity index is 385. The van der Waals surface area contributed by atoms with Crippen molar-refractivity contribution in [2.24, 2.45) is 5.92 Å². The average Bonchev–Trinajstić information content (AvgIpc) is 2.19. The van der Waals surface area contributed by atoms with Crippen LogP contribution in [0.5, 0.6) is 5.75 Å². The van der Waals surface area contributed by atoms with E-state index in [4.69, 9.17) is 16.3 Å². The molecule has 0 fully saturated rings. The fraction of sp³-hybridized carbons (Fsp3) is 0.385. The Balaban J connectivity index is 3.00. The van der Waals surface area contributed by atoms with Crippen LogP contribution in [0.1, 0.15) is 26.3 Å². The molecule has 2 heteroatoms. The summed E-state index contributed by atoms with van der Waals surface area (Å²) in [6.45, 7) is 6.64. The van der Waals surface area contributed by atoms with E-state index in [1.54, 1.807) is 0 Å². The Kier molecular flexibility index (Phi) is 4.52. The van der Waals surface area contributed by atoms with Crippen LogP contribution in [0, 0.1) is 17.8 Å². The second-order valence-corrected chi connectivity index (χ2v) is 3.85. The summed E-state index contributed by atoms with van der Waals surface area (Å²) in [5, 5.41) is 0.604. The zero-order valence-electron chi connectivity index (χ0n) is 9.30. The Morgan fingerprint density at radius 3 is 2.73 bits per heavy atom. The van der Waals surface area contributed by atoms with Gasteiger partial charge in [0.05, 0.1) is 11.6 Å². The average molecular weight is 223 g/mol. The lowest BCUT2D eigenvalue weighted by Gasteiger charge is -2.06. The zero-order valence-corrected chi connectivity index (χ0v) is 10.1. The van der Waals surface area contributed by atoms with Crippen LogP contribution < -0.4 is 4.74 Å². The van der Waals surface area contributed by atoms with Gasteiger partial charge >= 0.3 is 0 Å².